The van der Waals surface area contributed by atoms with E-state index in [4.69, 9.17) is 18.9 Å². The van der Waals surface area contributed by atoms with E-state index in [0.29, 0.717) is 25.7 Å². The first-order valence-corrected chi connectivity index (χ1v) is 20.6. The Balaban J connectivity index is 1.44. The minimum absolute atomic E-state index is 0.0104. The average molecular weight is 783 g/mol. The van der Waals surface area contributed by atoms with Crippen molar-refractivity contribution in [2.45, 2.75) is 180 Å². The minimum atomic E-state index is -1.59. The molecule has 6 aliphatic rings. The second kappa shape index (κ2) is 15.9. The summed E-state index contributed by atoms with van der Waals surface area (Å²) in [6, 6.07) is 0. The molecule has 0 unspecified atom stereocenters. The van der Waals surface area contributed by atoms with Crippen molar-refractivity contribution in [1.82, 2.24) is 0 Å². The lowest BCUT2D eigenvalue weighted by Gasteiger charge is -2.72. The molecule has 6 fully saturated rings. The molecular weight excluding hydrogens is 712 g/mol. The van der Waals surface area contributed by atoms with Crippen molar-refractivity contribution in [3.05, 3.63) is 23.3 Å². The van der Waals surface area contributed by atoms with Crippen LogP contribution in [0.15, 0.2) is 23.3 Å². The van der Waals surface area contributed by atoms with Crippen molar-refractivity contribution in [1.29, 1.82) is 0 Å². The summed E-state index contributed by atoms with van der Waals surface area (Å²) >= 11 is 0. The standard InChI is InChI=1S/C42H70O13/c1-20(2)10-9-11-21(3)22-12-15-41(7)29(22)23(52-37-34(50)32(48)30(46)25(18-43)54-37)16-27-40(6)14-13-28(45)39(4,5)36(40)24(17-42(27,41)8)53-38-35(51)33(49)31(47)26(19-44)55-38/h10-11,22-38,43-51H,9,12-19H2,1-8H3/t22-,23-,24+,25-,26-,27-,28+,29+,30-,31-,32+,33+,34-,35-,36+,37-,38-,40-,41-,42-/m1/s1. The van der Waals surface area contributed by atoms with E-state index in [1.807, 2.05) is 13.8 Å². The summed E-state index contributed by atoms with van der Waals surface area (Å²) in [6.07, 6.45) is -6.42. The number of aliphatic hydroxyl groups excluding tert-OH is 9. The number of allylic oxidation sites excluding steroid dienone is 4. The van der Waals surface area contributed by atoms with Gasteiger partial charge in [0.05, 0.1) is 31.5 Å². The van der Waals surface area contributed by atoms with Crippen molar-refractivity contribution in [2.24, 2.45) is 45.3 Å². The molecule has 2 heterocycles. The number of ether oxygens (including phenoxy) is 4. The molecule has 0 aromatic heterocycles. The van der Waals surface area contributed by atoms with Gasteiger partial charge in [-0.15, -0.1) is 0 Å². The molecule has 6 rings (SSSR count). The van der Waals surface area contributed by atoms with E-state index in [2.05, 4.69) is 53.7 Å². The molecule has 316 valence electrons. The largest absolute Gasteiger partial charge is 0.394 e. The normalized spacial score (nSPS) is 52.5. The van der Waals surface area contributed by atoms with E-state index >= 15 is 0 Å². The number of rotatable bonds is 9. The average Bonchev–Trinajstić information content (AvgIpc) is 3.50. The van der Waals surface area contributed by atoms with Gasteiger partial charge in [-0.05, 0) is 111 Å². The summed E-state index contributed by atoms with van der Waals surface area (Å²) < 4.78 is 25.7. The van der Waals surface area contributed by atoms with Gasteiger partial charge in [0.1, 0.15) is 48.8 Å². The number of fused-ring (bicyclic) bond motifs is 5. The summed E-state index contributed by atoms with van der Waals surface area (Å²) in [5.41, 5.74) is 0.590. The molecule has 0 aromatic rings. The van der Waals surface area contributed by atoms with Crippen LogP contribution in [0, 0.1) is 45.3 Å². The molecule has 4 saturated carbocycles. The van der Waals surface area contributed by atoms with Crippen LogP contribution in [0.2, 0.25) is 0 Å². The van der Waals surface area contributed by atoms with E-state index < -0.39 is 109 Å². The summed E-state index contributed by atoms with van der Waals surface area (Å²) in [7, 11) is 0. The molecule has 9 N–H and O–H groups in total. The van der Waals surface area contributed by atoms with E-state index in [1.54, 1.807) is 0 Å². The van der Waals surface area contributed by atoms with E-state index in [1.165, 1.54) is 11.1 Å². The minimum Gasteiger partial charge on any atom is -0.394 e. The van der Waals surface area contributed by atoms with Crippen molar-refractivity contribution in [3.8, 4) is 0 Å². The van der Waals surface area contributed by atoms with Crippen LogP contribution >= 0.6 is 0 Å². The third kappa shape index (κ3) is 7.12. The Morgan fingerprint density at radius 3 is 1.75 bits per heavy atom. The SMILES string of the molecule is CC(C)=CCC=C(C)[C@H]1CC[C@]2(C)[C@@H]1[C@H](O[C@@H]1O[C@H](CO)[C@@H](O)[C@H](O)[C@H]1O)C[C@@H]1[C@@]3(C)CC[C@H](O)C(C)(C)[C@@H]3[C@@H](O[C@@H]3O[C@H](CO)[C@@H](O)[C@H](O)[C@H]3O)C[C@]12C. The summed E-state index contributed by atoms with van der Waals surface area (Å²) in [5, 5.41) is 96.6. The van der Waals surface area contributed by atoms with Crippen LogP contribution in [0.3, 0.4) is 0 Å². The first kappa shape index (κ1) is 43.5. The van der Waals surface area contributed by atoms with Gasteiger partial charge in [0.25, 0.3) is 0 Å². The molecule has 4 aliphatic carbocycles. The maximum absolute atomic E-state index is 11.6. The van der Waals surface area contributed by atoms with Crippen LogP contribution in [0.4, 0.5) is 0 Å². The fraction of sp³-hybridized carbons (Fsp3) is 0.905. The zero-order chi connectivity index (χ0) is 40.6. The molecule has 0 radical (unpaired) electrons. The first-order chi connectivity index (χ1) is 25.7. The predicted octanol–water partition coefficient (Wildman–Crippen LogP) is 1.93. The quantitative estimate of drug-likeness (QED) is 0.121. The molecule has 55 heavy (non-hydrogen) atoms. The molecule has 13 nitrogen and oxygen atoms in total. The van der Waals surface area contributed by atoms with Gasteiger partial charge >= 0.3 is 0 Å². The molecule has 13 heteroatoms. The van der Waals surface area contributed by atoms with Crippen LogP contribution in [0.25, 0.3) is 0 Å². The third-order valence-electron chi connectivity index (χ3n) is 16.1. The van der Waals surface area contributed by atoms with E-state index in [9.17, 15) is 46.0 Å². The van der Waals surface area contributed by atoms with Crippen molar-refractivity contribution in [2.75, 3.05) is 13.2 Å². The van der Waals surface area contributed by atoms with Crippen LogP contribution in [0.1, 0.15) is 100 Å². The molecule has 2 aliphatic heterocycles. The van der Waals surface area contributed by atoms with Gasteiger partial charge in [0.2, 0.25) is 0 Å². The lowest BCUT2D eigenvalue weighted by atomic mass is 9.34. The molecule has 2 saturated heterocycles. The van der Waals surface area contributed by atoms with Gasteiger partial charge in [-0.1, -0.05) is 57.9 Å². The molecule has 0 amide bonds. The van der Waals surface area contributed by atoms with Crippen molar-refractivity contribution in [3.63, 3.8) is 0 Å². The van der Waals surface area contributed by atoms with E-state index in [-0.39, 0.29) is 29.1 Å². The Labute approximate surface area is 326 Å². The van der Waals surface area contributed by atoms with Crippen LogP contribution in [-0.4, -0.2) is 139 Å². The predicted molar refractivity (Wildman–Crippen MR) is 201 cm³/mol. The molecule has 0 aromatic carbocycles. The Hall–Kier alpha value is -1.04. The molecule has 0 bridgehead atoms. The highest BCUT2D eigenvalue weighted by Crippen LogP contribution is 2.76. The zero-order valence-corrected chi connectivity index (χ0v) is 34.0. The second-order valence-electron chi connectivity index (χ2n) is 19.6. The smallest absolute Gasteiger partial charge is 0.186 e. The van der Waals surface area contributed by atoms with Gasteiger partial charge in [-0.3, -0.25) is 0 Å². The molecule has 0 spiro atoms. The van der Waals surface area contributed by atoms with Crippen LogP contribution in [-0.2, 0) is 18.9 Å². The maximum atomic E-state index is 11.6. The van der Waals surface area contributed by atoms with Crippen molar-refractivity contribution < 1.29 is 64.9 Å². The second-order valence-corrected chi connectivity index (χ2v) is 19.6. The lowest BCUT2D eigenvalue weighted by molar-refractivity contribution is -0.356. The van der Waals surface area contributed by atoms with Gasteiger partial charge in [0.15, 0.2) is 12.6 Å². The first-order valence-electron chi connectivity index (χ1n) is 20.6. The summed E-state index contributed by atoms with van der Waals surface area (Å²) in [6.45, 7) is 16.2. The Morgan fingerprint density at radius 2 is 1.22 bits per heavy atom. The fourth-order valence-electron chi connectivity index (χ4n) is 13.0. The van der Waals surface area contributed by atoms with E-state index in [0.717, 1.165) is 19.3 Å². The van der Waals surface area contributed by atoms with Gasteiger partial charge < -0.3 is 64.9 Å². The fourth-order valence-corrected chi connectivity index (χ4v) is 13.0. The summed E-state index contributed by atoms with van der Waals surface area (Å²) in [4.78, 5) is 0. The van der Waals surface area contributed by atoms with Crippen LogP contribution in [0.5, 0.6) is 0 Å². The highest BCUT2D eigenvalue weighted by Gasteiger charge is 2.73. The van der Waals surface area contributed by atoms with Crippen LogP contribution < -0.4 is 0 Å². The Bertz CT molecular complexity index is 1410. The highest BCUT2D eigenvalue weighted by atomic mass is 16.7. The number of hydrogen-bond donors (Lipinski definition) is 9. The Kier molecular flexibility index (Phi) is 12.6. The zero-order valence-electron chi connectivity index (χ0n) is 34.0. The Morgan fingerprint density at radius 1 is 0.673 bits per heavy atom. The third-order valence-corrected chi connectivity index (χ3v) is 16.1. The molecular formula is C42H70O13. The summed E-state index contributed by atoms with van der Waals surface area (Å²) in [5.74, 6) is -0.205. The lowest BCUT2D eigenvalue weighted by Crippen LogP contribution is -2.71. The monoisotopic (exact) mass is 782 g/mol. The maximum Gasteiger partial charge on any atom is 0.186 e. The van der Waals surface area contributed by atoms with Gasteiger partial charge in [0, 0.05) is 0 Å². The van der Waals surface area contributed by atoms with Gasteiger partial charge in [-0.2, -0.15) is 0 Å². The topological polar surface area (TPSA) is 219 Å². The van der Waals surface area contributed by atoms with Crippen molar-refractivity contribution >= 4 is 0 Å². The number of hydrogen-bond acceptors (Lipinski definition) is 13. The van der Waals surface area contributed by atoms with Gasteiger partial charge in [-0.25, -0.2) is 0 Å². The molecule has 20 atom stereocenters. The highest BCUT2D eigenvalue weighted by molar-refractivity contribution is 5.24. The number of aliphatic hydroxyl groups is 9.